The first-order valence-corrected chi connectivity index (χ1v) is 3.65. The van der Waals surface area contributed by atoms with Gasteiger partial charge in [-0.2, -0.15) is 13.2 Å². The summed E-state index contributed by atoms with van der Waals surface area (Å²) in [7, 11) is 0. The molecular weight excluding hydrogens is 209 g/mol. The monoisotopic (exact) mass is 219 g/mol. The van der Waals surface area contributed by atoms with Crippen LogP contribution >= 0.6 is 0 Å². The minimum absolute atomic E-state index is 0.108. The maximum Gasteiger partial charge on any atom is 0.417 e. The third-order valence-corrected chi connectivity index (χ3v) is 1.87. The van der Waals surface area contributed by atoms with Crippen molar-refractivity contribution >= 4 is 5.91 Å². The van der Waals surface area contributed by atoms with Crippen LogP contribution in [0.4, 0.5) is 22.0 Å². The molecule has 1 atom stereocenters. The van der Waals surface area contributed by atoms with Crippen molar-refractivity contribution in [2.75, 3.05) is 0 Å². The predicted octanol–water partition coefficient (Wildman–Crippen LogP) is 2.10. The fourth-order valence-corrected chi connectivity index (χ4v) is 0.782. The van der Waals surface area contributed by atoms with Gasteiger partial charge in [0, 0.05) is 13.8 Å². The van der Waals surface area contributed by atoms with Gasteiger partial charge in [0.2, 0.25) is 5.91 Å². The number of hydrogen-bond acceptors (Lipinski definition) is 1. The molecule has 84 valence electrons. The van der Waals surface area contributed by atoms with Crippen LogP contribution < -0.4 is 5.32 Å². The van der Waals surface area contributed by atoms with E-state index in [2.05, 4.69) is 0 Å². The van der Waals surface area contributed by atoms with Crippen LogP contribution in [0.5, 0.6) is 0 Å². The van der Waals surface area contributed by atoms with Gasteiger partial charge in [0.1, 0.15) is 0 Å². The minimum Gasteiger partial charge on any atom is -0.338 e. The first-order chi connectivity index (χ1) is 5.92. The predicted molar refractivity (Wildman–Crippen MR) is 38.9 cm³/mol. The Labute approximate surface area is 77.5 Å². The van der Waals surface area contributed by atoms with E-state index in [0.717, 1.165) is 6.92 Å². The maximum absolute atomic E-state index is 12.7. The second-order valence-corrected chi connectivity index (χ2v) is 3.19. The smallest absolute Gasteiger partial charge is 0.338 e. The SMILES string of the molecule is CC(=O)NC(C)(C(C)(F)F)C(F)(F)F. The molecule has 0 rings (SSSR count). The molecule has 0 saturated carbocycles. The van der Waals surface area contributed by atoms with Crippen molar-refractivity contribution in [1.82, 2.24) is 5.32 Å². The summed E-state index contributed by atoms with van der Waals surface area (Å²) in [6.45, 7) is 1.10. The largest absolute Gasteiger partial charge is 0.417 e. The molecule has 1 amide bonds. The molecule has 0 spiro atoms. The highest BCUT2D eigenvalue weighted by Gasteiger charge is 2.64. The second-order valence-electron chi connectivity index (χ2n) is 3.19. The normalized spacial score (nSPS) is 17.4. The highest BCUT2D eigenvalue weighted by atomic mass is 19.4. The Morgan fingerprint density at radius 3 is 1.50 bits per heavy atom. The molecule has 0 aromatic carbocycles. The zero-order valence-electron chi connectivity index (χ0n) is 7.80. The molecule has 0 fully saturated rings. The van der Waals surface area contributed by atoms with Crippen molar-refractivity contribution in [3.8, 4) is 0 Å². The van der Waals surface area contributed by atoms with Crippen LogP contribution in [0.2, 0.25) is 0 Å². The summed E-state index contributed by atoms with van der Waals surface area (Å²) in [5.41, 5.74) is -3.54. The summed E-state index contributed by atoms with van der Waals surface area (Å²) in [6, 6.07) is 0. The van der Waals surface area contributed by atoms with E-state index in [0.29, 0.717) is 0 Å². The van der Waals surface area contributed by atoms with Crippen LogP contribution in [0, 0.1) is 0 Å². The first-order valence-electron chi connectivity index (χ1n) is 3.65. The lowest BCUT2D eigenvalue weighted by Gasteiger charge is -2.37. The second kappa shape index (κ2) is 3.36. The van der Waals surface area contributed by atoms with Gasteiger partial charge in [0.05, 0.1) is 0 Å². The summed E-state index contributed by atoms with van der Waals surface area (Å²) < 4.78 is 62.2. The molecule has 0 radical (unpaired) electrons. The van der Waals surface area contributed by atoms with E-state index in [9.17, 15) is 26.7 Å². The zero-order chi connectivity index (χ0) is 11.8. The standard InChI is InChI=1S/C7H10F5NO/c1-4(14)13-5(2,6(3,8)9)7(10,11)12/h1-3H3,(H,13,14). The van der Waals surface area contributed by atoms with E-state index in [1.807, 2.05) is 0 Å². The van der Waals surface area contributed by atoms with Gasteiger partial charge >= 0.3 is 6.18 Å². The van der Waals surface area contributed by atoms with Crippen LogP contribution in [0.1, 0.15) is 20.8 Å². The van der Waals surface area contributed by atoms with Gasteiger partial charge in [-0.25, -0.2) is 8.78 Å². The number of amides is 1. The summed E-state index contributed by atoms with van der Waals surface area (Å²) in [6.07, 6.45) is -5.21. The van der Waals surface area contributed by atoms with Crippen LogP contribution in [0.25, 0.3) is 0 Å². The van der Waals surface area contributed by atoms with Crippen molar-refractivity contribution in [3.05, 3.63) is 0 Å². The summed E-state index contributed by atoms with van der Waals surface area (Å²) in [5, 5.41) is 1.22. The Morgan fingerprint density at radius 2 is 1.43 bits per heavy atom. The number of carbonyl (C=O) groups excluding carboxylic acids is 1. The van der Waals surface area contributed by atoms with E-state index in [1.165, 1.54) is 5.32 Å². The fraction of sp³-hybridized carbons (Fsp3) is 0.857. The van der Waals surface area contributed by atoms with E-state index < -0.39 is 23.5 Å². The molecule has 0 heterocycles. The summed E-state index contributed by atoms with van der Waals surface area (Å²) >= 11 is 0. The molecule has 0 aliphatic rings. The highest BCUT2D eigenvalue weighted by molar-refractivity contribution is 5.74. The average Bonchev–Trinajstić information content (AvgIpc) is 1.79. The lowest BCUT2D eigenvalue weighted by Crippen LogP contribution is -2.65. The number of carbonyl (C=O) groups is 1. The van der Waals surface area contributed by atoms with E-state index in [-0.39, 0.29) is 13.8 Å². The number of alkyl halides is 5. The third kappa shape index (κ3) is 2.33. The fourth-order valence-electron chi connectivity index (χ4n) is 0.782. The van der Waals surface area contributed by atoms with E-state index in [4.69, 9.17) is 0 Å². The molecule has 0 saturated heterocycles. The van der Waals surface area contributed by atoms with Crippen LogP contribution in [-0.4, -0.2) is 23.5 Å². The Kier molecular flexibility index (Phi) is 3.15. The molecule has 7 heteroatoms. The Morgan fingerprint density at radius 1 is 1.07 bits per heavy atom. The van der Waals surface area contributed by atoms with Gasteiger partial charge in [-0.3, -0.25) is 4.79 Å². The van der Waals surface area contributed by atoms with Gasteiger partial charge in [-0.15, -0.1) is 0 Å². The molecular formula is C7H10F5NO. The molecule has 0 aliphatic heterocycles. The van der Waals surface area contributed by atoms with Gasteiger partial charge in [-0.05, 0) is 6.92 Å². The molecule has 0 bridgehead atoms. The Balaban J connectivity index is 5.18. The van der Waals surface area contributed by atoms with Crippen LogP contribution in [0.3, 0.4) is 0 Å². The number of hydrogen-bond donors (Lipinski definition) is 1. The molecule has 1 N–H and O–H groups in total. The average molecular weight is 219 g/mol. The third-order valence-electron chi connectivity index (χ3n) is 1.87. The van der Waals surface area contributed by atoms with Crippen molar-refractivity contribution in [2.24, 2.45) is 0 Å². The summed E-state index contributed by atoms with van der Waals surface area (Å²) in [5.74, 6) is -5.25. The van der Waals surface area contributed by atoms with Crippen molar-refractivity contribution in [2.45, 2.75) is 38.4 Å². The maximum atomic E-state index is 12.7. The molecule has 0 aliphatic carbocycles. The number of rotatable bonds is 2. The van der Waals surface area contributed by atoms with Crippen LogP contribution in [0.15, 0.2) is 0 Å². The van der Waals surface area contributed by atoms with E-state index in [1.54, 1.807) is 0 Å². The number of nitrogens with one attached hydrogen (secondary N) is 1. The zero-order valence-corrected chi connectivity index (χ0v) is 7.80. The summed E-state index contributed by atoms with van der Waals surface area (Å²) in [4.78, 5) is 10.4. The molecule has 2 nitrogen and oxygen atoms in total. The molecule has 0 aromatic heterocycles. The highest BCUT2D eigenvalue weighted by Crippen LogP contribution is 2.41. The number of halogens is 5. The topological polar surface area (TPSA) is 29.1 Å². The van der Waals surface area contributed by atoms with Gasteiger partial charge < -0.3 is 5.32 Å². The van der Waals surface area contributed by atoms with Gasteiger partial charge in [0.25, 0.3) is 5.92 Å². The molecule has 1 unspecified atom stereocenters. The lowest BCUT2D eigenvalue weighted by molar-refractivity contribution is -0.253. The van der Waals surface area contributed by atoms with Gasteiger partial charge in [0.15, 0.2) is 5.54 Å². The van der Waals surface area contributed by atoms with E-state index >= 15 is 0 Å². The Bertz CT molecular complexity index is 215. The molecule has 0 aromatic rings. The quantitative estimate of drug-likeness (QED) is 0.708. The van der Waals surface area contributed by atoms with Crippen LogP contribution in [-0.2, 0) is 4.79 Å². The molecule has 14 heavy (non-hydrogen) atoms. The lowest BCUT2D eigenvalue weighted by atomic mass is 9.94. The first kappa shape index (κ1) is 13.1. The Hall–Kier alpha value is -0.880. The van der Waals surface area contributed by atoms with Crippen molar-refractivity contribution < 1.29 is 26.7 Å². The van der Waals surface area contributed by atoms with Crippen molar-refractivity contribution in [1.29, 1.82) is 0 Å². The van der Waals surface area contributed by atoms with Crippen molar-refractivity contribution in [3.63, 3.8) is 0 Å². The van der Waals surface area contributed by atoms with Gasteiger partial charge in [-0.1, -0.05) is 0 Å². The minimum atomic E-state index is -5.21.